The number of nitrogens with zero attached hydrogens (tertiary/aromatic N) is 3. The smallest absolute Gasteiger partial charge is 0.296 e. The van der Waals surface area contributed by atoms with Crippen LogP contribution < -0.4 is 14.4 Å². The summed E-state index contributed by atoms with van der Waals surface area (Å²) in [5, 5.41) is 20.7. The standard InChI is InChI=1S/C34H30FN3O6S2/c1-3-4-7-16-43-25-15-12-22(18-26(25)42-2)29-28(30(39)27-17-21-8-5-6-9-24(21)44-27)31(40)32(41)38(29)33-36-37-34(46-33)45-19-20-10-13-23(35)14-11-20/h5-6,8-15,17-18,29,40H,3-4,7,16,19H2,1-2H3. The zero-order chi connectivity index (χ0) is 32.2. The summed E-state index contributed by atoms with van der Waals surface area (Å²) in [6.45, 7) is 2.62. The van der Waals surface area contributed by atoms with E-state index in [0.717, 1.165) is 36.2 Å². The third-order valence-electron chi connectivity index (χ3n) is 7.49. The molecule has 1 amide bonds. The molecule has 9 nitrogen and oxygen atoms in total. The van der Waals surface area contributed by atoms with Crippen molar-refractivity contribution in [2.75, 3.05) is 18.6 Å². The Hall–Kier alpha value is -4.68. The molecule has 0 fully saturated rings. The van der Waals surface area contributed by atoms with Crippen molar-refractivity contribution in [1.29, 1.82) is 0 Å². The lowest BCUT2D eigenvalue weighted by molar-refractivity contribution is -0.117. The Kier molecular flexibility index (Phi) is 9.36. The number of rotatable bonds is 13. The van der Waals surface area contributed by atoms with Gasteiger partial charge < -0.3 is 19.0 Å². The minimum Gasteiger partial charge on any atom is -0.503 e. The Morgan fingerprint density at radius 3 is 2.63 bits per heavy atom. The summed E-state index contributed by atoms with van der Waals surface area (Å²) in [5.74, 6) is -1.04. The van der Waals surface area contributed by atoms with E-state index in [1.807, 2.05) is 12.1 Å². The van der Waals surface area contributed by atoms with Crippen molar-refractivity contribution in [2.24, 2.45) is 0 Å². The summed E-state index contributed by atoms with van der Waals surface area (Å²) in [6, 6.07) is 19.0. The molecule has 5 aromatic rings. The molecule has 236 valence electrons. The lowest BCUT2D eigenvalue weighted by Crippen LogP contribution is -2.31. The number of carbonyl (C=O) groups is 2. The van der Waals surface area contributed by atoms with Crippen molar-refractivity contribution in [2.45, 2.75) is 42.3 Å². The van der Waals surface area contributed by atoms with E-state index < -0.39 is 23.5 Å². The highest BCUT2D eigenvalue weighted by Gasteiger charge is 2.47. The number of aliphatic hydroxyl groups excluding tert-OH is 1. The van der Waals surface area contributed by atoms with E-state index in [0.29, 0.717) is 44.7 Å². The molecular formula is C34H30FN3O6S2. The Balaban J connectivity index is 1.36. The van der Waals surface area contributed by atoms with Crippen molar-refractivity contribution < 1.29 is 33.0 Å². The number of ether oxygens (including phenoxy) is 2. The number of amides is 1. The van der Waals surface area contributed by atoms with Gasteiger partial charge in [0.2, 0.25) is 10.9 Å². The summed E-state index contributed by atoms with van der Waals surface area (Å²) in [7, 11) is 1.51. The van der Waals surface area contributed by atoms with Crippen molar-refractivity contribution in [3.8, 4) is 11.5 Å². The summed E-state index contributed by atoms with van der Waals surface area (Å²) in [6.07, 6.45) is 2.97. The number of anilines is 1. The van der Waals surface area contributed by atoms with E-state index in [2.05, 4.69) is 17.1 Å². The normalized spacial score (nSPS) is 14.8. The van der Waals surface area contributed by atoms with Crippen LogP contribution in [0.3, 0.4) is 0 Å². The first-order valence-electron chi connectivity index (χ1n) is 14.7. The fourth-order valence-corrected chi connectivity index (χ4v) is 6.99. The molecule has 1 unspecified atom stereocenters. The first kappa shape index (κ1) is 31.3. The summed E-state index contributed by atoms with van der Waals surface area (Å²) in [4.78, 5) is 29.0. The van der Waals surface area contributed by atoms with Crippen molar-refractivity contribution in [3.05, 3.63) is 107 Å². The first-order valence-corrected chi connectivity index (χ1v) is 16.5. The Bertz CT molecular complexity index is 1890. The number of fused-ring (bicyclic) bond motifs is 1. The molecule has 12 heteroatoms. The lowest BCUT2D eigenvalue weighted by atomic mass is 9.95. The molecule has 3 aromatic carbocycles. The number of para-hydroxylation sites is 1. The maximum Gasteiger partial charge on any atom is 0.296 e. The number of hydrogen-bond donors (Lipinski definition) is 1. The van der Waals surface area contributed by atoms with E-state index in [1.165, 1.54) is 35.9 Å². The topological polar surface area (TPSA) is 115 Å². The number of thioether (sulfide) groups is 1. The number of halogens is 1. The molecule has 1 atom stereocenters. The molecule has 0 saturated carbocycles. The minimum absolute atomic E-state index is 0.0157. The van der Waals surface area contributed by atoms with Gasteiger partial charge in [0, 0.05) is 11.1 Å². The second kappa shape index (κ2) is 13.8. The van der Waals surface area contributed by atoms with Crippen molar-refractivity contribution >= 4 is 50.9 Å². The predicted octanol–water partition coefficient (Wildman–Crippen LogP) is 8.08. The average molecular weight is 660 g/mol. The van der Waals surface area contributed by atoms with Gasteiger partial charge >= 0.3 is 0 Å². The van der Waals surface area contributed by atoms with Gasteiger partial charge in [0.1, 0.15) is 11.4 Å². The van der Waals surface area contributed by atoms with Crippen LogP contribution in [0.15, 0.2) is 92.9 Å². The number of hydrogen-bond acceptors (Lipinski definition) is 10. The molecule has 0 bridgehead atoms. The number of benzene rings is 3. The molecule has 1 aliphatic heterocycles. The van der Waals surface area contributed by atoms with Gasteiger partial charge in [-0.2, -0.15) is 0 Å². The van der Waals surface area contributed by atoms with E-state index >= 15 is 0 Å². The third kappa shape index (κ3) is 6.35. The van der Waals surface area contributed by atoms with Crippen LogP contribution in [0.1, 0.15) is 53.9 Å². The molecule has 2 aromatic heterocycles. The molecule has 3 heterocycles. The van der Waals surface area contributed by atoms with Crippen LogP contribution >= 0.6 is 23.1 Å². The molecule has 46 heavy (non-hydrogen) atoms. The third-order valence-corrected chi connectivity index (χ3v) is 9.62. The maximum absolute atomic E-state index is 14.0. The molecule has 1 N–H and O–H groups in total. The van der Waals surface area contributed by atoms with Crippen LogP contribution in [-0.2, 0) is 10.5 Å². The fraction of sp³-hybridized carbons (Fsp3) is 0.235. The van der Waals surface area contributed by atoms with Gasteiger partial charge in [0.25, 0.3) is 5.91 Å². The van der Waals surface area contributed by atoms with E-state index in [1.54, 1.807) is 48.5 Å². The zero-order valence-electron chi connectivity index (χ0n) is 25.1. The largest absolute Gasteiger partial charge is 0.503 e. The molecule has 6 rings (SSSR count). The van der Waals surface area contributed by atoms with Gasteiger partial charge in [-0.25, -0.2) is 4.39 Å². The fourth-order valence-electron chi connectivity index (χ4n) is 5.17. The van der Waals surface area contributed by atoms with Gasteiger partial charge in [0.15, 0.2) is 27.4 Å². The molecule has 1 aliphatic rings. The average Bonchev–Trinajstić information content (AvgIpc) is 3.79. The van der Waals surface area contributed by atoms with E-state index in [9.17, 15) is 19.1 Å². The quantitative estimate of drug-likeness (QED) is 0.0580. The Morgan fingerprint density at radius 1 is 1.07 bits per heavy atom. The van der Waals surface area contributed by atoms with Crippen LogP contribution in [0, 0.1) is 5.82 Å². The Morgan fingerprint density at radius 2 is 1.87 bits per heavy atom. The number of unbranched alkanes of at least 4 members (excludes halogenated alkanes) is 2. The van der Waals surface area contributed by atoms with Gasteiger partial charge in [-0.15, -0.1) is 10.2 Å². The van der Waals surface area contributed by atoms with Crippen molar-refractivity contribution in [1.82, 2.24) is 10.2 Å². The van der Waals surface area contributed by atoms with E-state index in [-0.39, 0.29) is 22.3 Å². The monoisotopic (exact) mass is 659 g/mol. The SMILES string of the molecule is CCCCCOc1ccc(C2C(C(=O)c3cc4ccccc4o3)=C(O)C(=O)N2c2nnc(SCc3ccc(F)cc3)s2)cc1OC. The molecular weight excluding hydrogens is 630 g/mol. The number of methoxy groups -OCH3 is 1. The maximum atomic E-state index is 14.0. The minimum atomic E-state index is -1.07. The second-order valence-electron chi connectivity index (χ2n) is 10.5. The van der Waals surface area contributed by atoms with Crippen LogP contribution in [-0.4, -0.2) is 40.7 Å². The molecule has 0 radical (unpaired) electrons. The van der Waals surface area contributed by atoms with Crippen LogP contribution in [0.4, 0.5) is 9.52 Å². The summed E-state index contributed by atoms with van der Waals surface area (Å²) in [5.41, 5.74) is 1.73. The number of ketones is 1. The highest BCUT2D eigenvalue weighted by atomic mass is 32.2. The highest BCUT2D eigenvalue weighted by Crippen LogP contribution is 2.46. The number of carbonyl (C=O) groups excluding carboxylic acids is 2. The van der Waals surface area contributed by atoms with Gasteiger partial charge in [-0.05, 0) is 53.9 Å². The van der Waals surface area contributed by atoms with Crippen LogP contribution in [0.5, 0.6) is 11.5 Å². The van der Waals surface area contributed by atoms with E-state index in [4.69, 9.17) is 13.9 Å². The zero-order valence-corrected chi connectivity index (χ0v) is 26.7. The summed E-state index contributed by atoms with van der Waals surface area (Å²) < 4.78 is 31.3. The summed E-state index contributed by atoms with van der Waals surface area (Å²) >= 11 is 2.52. The molecule has 0 aliphatic carbocycles. The molecule has 0 saturated heterocycles. The highest BCUT2D eigenvalue weighted by molar-refractivity contribution is 8.00. The number of aliphatic hydroxyl groups is 1. The Labute approximate surface area is 272 Å². The number of furan rings is 1. The van der Waals surface area contributed by atoms with Crippen LogP contribution in [0.2, 0.25) is 0 Å². The van der Waals surface area contributed by atoms with Crippen molar-refractivity contribution in [3.63, 3.8) is 0 Å². The lowest BCUT2D eigenvalue weighted by Gasteiger charge is -2.24. The number of aromatic nitrogens is 2. The number of Topliss-reactive ketones (excluding diaryl/α,β-unsaturated/α-hetero) is 1. The first-order chi connectivity index (χ1) is 22.4. The molecule has 0 spiro atoms. The van der Waals surface area contributed by atoms with Gasteiger partial charge in [0.05, 0.1) is 25.3 Å². The van der Waals surface area contributed by atoms with Crippen LogP contribution in [0.25, 0.3) is 11.0 Å². The van der Waals surface area contributed by atoms with Gasteiger partial charge in [-0.3, -0.25) is 14.5 Å². The predicted molar refractivity (Wildman–Crippen MR) is 174 cm³/mol. The van der Waals surface area contributed by atoms with Gasteiger partial charge in [-0.1, -0.05) is 79.3 Å². The second-order valence-corrected chi connectivity index (χ2v) is 12.7.